The summed E-state index contributed by atoms with van der Waals surface area (Å²) in [5.41, 5.74) is 1.93. The predicted octanol–water partition coefficient (Wildman–Crippen LogP) is 2.98. The highest BCUT2D eigenvalue weighted by Crippen LogP contribution is 2.26. The molecular formula is C18H16O3. The first kappa shape index (κ1) is 14.8. The minimum atomic E-state index is -0.725. The van der Waals surface area contributed by atoms with Gasteiger partial charge in [-0.3, -0.25) is 4.79 Å². The van der Waals surface area contributed by atoms with Crippen LogP contribution in [0.5, 0.6) is 5.75 Å². The maximum Gasteiger partial charge on any atom is 0.151 e. The molecular weight excluding hydrogens is 264 g/mol. The average molecular weight is 280 g/mol. The third kappa shape index (κ3) is 3.71. The number of benzene rings is 2. The van der Waals surface area contributed by atoms with Gasteiger partial charge in [-0.05, 0) is 12.1 Å². The van der Waals surface area contributed by atoms with Crippen LogP contribution in [0.15, 0.2) is 48.5 Å². The Hall–Kier alpha value is -2.57. The van der Waals surface area contributed by atoms with Crippen molar-refractivity contribution >= 4 is 6.29 Å². The maximum absolute atomic E-state index is 10.9. The summed E-state index contributed by atoms with van der Waals surface area (Å²) in [6.07, 6.45) is 0.325. The molecule has 2 aromatic carbocycles. The zero-order valence-corrected chi connectivity index (χ0v) is 11.7. The Morgan fingerprint density at radius 2 is 1.90 bits per heavy atom. The Kier molecular flexibility index (Phi) is 5.14. The Labute approximate surface area is 124 Å². The number of aliphatic hydroxyl groups is 1. The molecule has 2 rings (SSSR count). The van der Waals surface area contributed by atoms with E-state index in [1.165, 1.54) is 0 Å². The molecule has 0 aliphatic heterocycles. The molecule has 1 atom stereocenters. The van der Waals surface area contributed by atoms with Gasteiger partial charge < -0.3 is 9.84 Å². The highest BCUT2D eigenvalue weighted by atomic mass is 16.5. The molecule has 0 amide bonds. The molecule has 0 saturated heterocycles. The topological polar surface area (TPSA) is 46.5 Å². The fourth-order valence-electron chi connectivity index (χ4n) is 2.01. The number of hydrogen-bond acceptors (Lipinski definition) is 3. The van der Waals surface area contributed by atoms with Gasteiger partial charge in [0.2, 0.25) is 0 Å². The zero-order valence-electron chi connectivity index (χ0n) is 11.7. The van der Waals surface area contributed by atoms with Crippen LogP contribution in [0.3, 0.4) is 0 Å². The summed E-state index contributed by atoms with van der Waals surface area (Å²) in [6, 6.07) is 14.4. The number of ether oxygens (including phenoxy) is 1. The number of aliphatic hydroxyl groups excluding tert-OH is 1. The first-order valence-electron chi connectivity index (χ1n) is 6.60. The molecule has 0 heterocycles. The Morgan fingerprint density at radius 1 is 1.19 bits per heavy atom. The molecule has 2 aromatic rings. The van der Waals surface area contributed by atoms with Gasteiger partial charge in [0.15, 0.2) is 6.29 Å². The molecule has 1 N–H and O–H groups in total. The zero-order chi connectivity index (χ0) is 15.1. The van der Waals surface area contributed by atoms with Crippen molar-refractivity contribution in [1.29, 1.82) is 0 Å². The van der Waals surface area contributed by atoms with E-state index in [1.54, 1.807) is 31.4 Å². The lowest BCUT2D eigenvalue weighted by molar-refractivity contribution is 0.112. The summed E-state index contributed by atoms with van der Waals surface area (Å²) in [5.74, 6) is 6.47. The average Bonchev–Trinajstić information content (AvgIpc) is 2.55. The van der Waals surface area contributed by atoms with E-state index < -0.39 is 6.10 Å². The van der Waals surface area contributed by atoms with Crippen LogP contribution in [0.4, 0.5) is 0 Å². The first-order valence-corrected chi connectivity index (χ1v) is 6.60. The van der Waals surface area contributed by atoms with Crippen LogP contribution in [-0.2, 0) is 0 Å². The van der Waals surface area contributed by atoms with E-state index in [4.69, 9.17) is 4.74 Å². The van der Waals surface area contributed by atoms with Crippen molar-refractivity contribution < 1.29 is 14.6 Å². The molecule has 0 saturated carbocycles. The van der Waals surface area contributed by atoms with Crippen molar-refractivity contribution in [3.8, 4) is 17.6 Å². The summed E-state index contributed by atoms with van der Waals surface area (Å²) in [6.45, 7) is 0. The first-order chi connectivity index (χ1) is 10.3. The second kappa shape index (κ2) is 7.28. The summed E-state index contributed by atoms with van der Waals surface area (Å²) >= 11 is 0. The monoisotopic (exact) mass is 280 g/mol. The number of aldehydes is 1. The lowest BCUT2D eigenvalue weighted by Crippen LogP contribution is -1.99. The number of carbonyl (C=O) groups excluding carboxylic acids is 1. The molecule has 3 heteroatoms. The fourth-order valence-corrected chi connectivity index (χ4v) is 2.01. The van der Waals surface area contributed by atoms with Crippen molar-refractivity contribution in [3.05, 3.63) is 65.2 Å². The molecule has 0 radical (unpaired) electrons. The van der Waals surface area contributed by atoms with Crippen LogP contribution in [0.2, 0.25) is 0 Å². The maximum atomic E-state index is 10.9. The third-order valence-corrected chi connectivity index (χ3v) is 3.10. The van der Waals surface area contributed by atoms with Crippen LogP contribution in [0, 0.1) is 11.8 Å². The Morgan fingerprint density at radius 3 is 2.67 bits per heavy atom. The van der Waals surface area contributed by atoms with Crippen molar-refractivity contribution in [2.45, 2.75) is 12.5 Å². The Bertz CT molecular complexity index is 680. The van der Waals surface area contributed by atoms with Gasteiger partial charge in [0.05, 0.1) is 13.2 Å². The van der Waals surface area contributed by atoms with Gasteiger partial charge >= 0.3 is 0 Å². The highest BCUT2D eigenvalue weighted by molar-refractivity contribution is 5.79. The van der Waals surface area contributed by atoms with E-state index in [9.17, 15) is 9.90 Å². The van der Waals surface area contributed by atoms with Gasteiger partial charge in [-0.25, -0.2) is 0 Å². The smallest absolute Gasteiger partial charge is 0.151 e. The molecule has 0 aromatic heterocycles. The van der Waals surface area contributed by atoms with E-state index in [0.29, 0.717) is 22.4 Å². The van der Waals surface area contributed by atoms with Gasteiger partial charge in [0, 0.05) is 23.1 Å². The van der Waals surface area contributed by atoms with E-state index in [-0.39, 0.29) is 6.42 Å². The summed E-state index contributed by atoms with van der Waals surface area (Å²) < 4.78 is 5.21. The number of rotatable bonds is 4. The van der Waals surface area contributed by atoms with Crippen LogP contribution in [0.1, 0.15) is 34.0 Å². The molecule has 0 fully saturated rings. The molecule has 0 aliphatic rings. The predicted molar refractivity (Wildman–Crippen MR) is 81.3 cm³/mol. The lowest BCUT2D eigenvalue weighted by atomic mass is 10.0. The largest absolute Gasteiger partial charge is 0.496 e. The molecule has 21 heavy (non-hydrogen) atoms. The van der Waals surface area contributed by atoms with Gasteiger partial charge in [-0.15, -0.1) is 0 Å². The molecule has 106 valence electrons. The molecule has 0 bridgehead atoms. The Balaban J connectivity index is 2.13. The molecule has 3 nitrogen and oxygen atoms in total. The van der Waals surface area contributed by atoms with Gasteiger partial charge in [0.25, 0.3) is 0 Å². The quantitative estimate of drug-likeness (QED) is 0.692. The van der Waals surface area contributed by atoms with Crippen LogP contribution in [0.25, 0.3) is 0 Å². The number of methoxy groups -OCH3 is 1. The second-order valence-electron chi connectivity index (χ2n) is 4.47. The minimum Gasteiger partial charge on any atom is -0.496 e. The lowest BCUT2D eigenvalue weighted by Gasteiger charge is -2.11. The van der Waals surface area contributed by atoms with Crippen molar-refractivity contribution in [2.24, 2.45) is 0 Å². The fraction of sp³-hybridized carbons (Fsp3) is 0.167. The van der Waals surface area contributed by atoms with Gasteiger partial charge in [-0.2, -0.15) is 0 Å². The van der Waals surface area contributed by atoms with Gasteiger partial charge in [0.1, 0.15) is 5.75 Å². The normalized spacial score (nSPS) is 11.1. The van der Waals surface area contributed by atoms with E-state index in [0.717, 1.165) is 6.29 Å². The van der Waals surface area contributed by atoms with Crippen molar-refractivity contribution in [2.75, 3.05) is 7.11 Å². The highest BCUT2D eigenvalue weighted by Gasteiger charge is 2.10. The summed E-state index contributed by atoms with van der Waals surface area (Å²) in [4.78, 5) is 10.9. The molecule has 0 spiro atoms. The molecule has 0 aliphatic carbocycles. The van der Waals surface area contributed by atoms with Crippen LogP contribution >= 0.6 is 0 Å². The summed E-state index contributed by atoms with van der Waals surface area (Å²) in [7, 11) is 1.57. The summed E-state index contributed by atoms with van der Waals surface area (Å²) in [5, 5.41) is 10.2. The van der Waals surface area contributed by atoms with Crippen LogP contribution < -0.4 is 4.74 Å². The minimum absolute atomic E-state index is 0.271. The van der Waals surface area contributed by atoms with E-state index >= 15 is 0 Å². The van der Waals surface area contributed by atoms with E-state index in [2.05, 4.69) is 11.8 Å². The number of carbonyl (C=O) groups is 1. The van der Waals surface area contributed by atoms with E-state index in [1.807, 2.05) is 24.3 Å². The van der Waals surface area contributed by atoms with Gasteiger partial charge in [-0.1, -0.05) is 48.2 Å². The number of para-hydroxylation sites is 1. The number of hydrogen-bond donors (Lipinski definition) is 1. The molecule has 1 unspecified atom stereocenters. The van der Waals surface area contributed by atoms with Crippen molar-refractivity contribution in [3.63, 3.8) is 0 Å². The second-order valence-corrected chi connectivity index (χ2v) is 4.47. The van der Waals surface area contributed by atoms with Crippen molar-refractivity contribution in [1.82, 2.24) is 0 Å². The third-order valence-electron chi connectivity index (χ3n) is 3.10. The van der Waals surface area contributed by atoms with Crippen LogP contribution in [-0.4, -0.2) is 18.5 Å². The SMILES string of the molecule is COc1ccccc1C(O)CC#Cc1ccccc1C=O. The standard InChI is InChI=1S/C18H16O3/c1-21-18-12-5-4-10-16(18)17(20)11-6-9-14-7-2-3-8-15(14)13-19/h2-5,7-8,10,12-13,17,20H,11H2,1H3.